The van der Waals surface area contributed by atoms with Crippen LogP contribution in [0, 0.1) is 0 Å². The number of aromatic nitrogens is 1. The van der Waals surface area contributed by atoms with Gasteiger partial charge in [0.2, 0.25) is 0 Å². The lowest BCUT2D eigenvalue weighted by Crippen LogP contribution is -2.32. The van der Waals surface area contributed by atoms with Crippen molar-refractivity contribution in [2.75, 3.05) is 0 Å². The van der Waals surface area contributed by atoms with Crippen molar-refractivity contribution >= 4 is 22.8 Å². The molecule has 2 aromatic carbocycles. The molecule has 4 rings (SSSR count). The average Bonchev–Trinajstić information content (AvgIpc) is 3.18. The zero-order chi connectivity index (χ0) is 19.7. The van der Waals surface area contributed by atoms with Gasteiger partial charge in [-0.15, -0.1) is 0 Å². The number of ether oxygens (including phenoxy) is 1. The number of carbonyl (C=O) groups is 2. The molecule has 1 aromatic heterocycles. The Labute approximate surface area is 159 Å². The Balaban J connectivity index is 1.48. The van der Waals surface area contributed by atoms with E-state index in [0.29, 0.717) is 12.0 Å². The molecule has 144 valence electrons. The Morgan fingerprint density at radius 2 is 1.93 bits per heavy atom. The Kier molecular flexibility index (Phi) is 4.68. The zero-order valence-corrected chi connectivity index (χ0v) is 14.7. The maximum Gasteiger partial charge on any atom is 0.387 e. The van der Waals surface area contributed by atoms with Crippen molar-refractivity contribution < 1.29 is 23.1 Å². The zero-order valence-electron chi connectivity index (χ0n) is 14.7. The van der Waals surface area contributed by atoms with Crippen molar-refractivity contribution in [2.24, 2.45) is 0 Å². The number of imide groups is 1. The first-order valence-electron chi connectivity index (χ1n) is 8.72. The number of nitrogens with zero attached hydrogens (tertiary/aromatic N) is 1. The van der Waals surface area contributed by atoms with E-state index >= 15 is 0 Å². The lowest BCUT2D eigenvalue weighted by atomic mass is 10.0. The van der Waals surface area contributed by atoms with Gasteiger partial charge in [-0.3, -0.25) is 9.69 Å². The van der Waals surface area contributed by atoms with Crippen LogP contribution in [0.1, 0.15) is 11.1 Å². The molecule has 1 aliphatic rings. The van der Waals surface area contributed by atoms with E-state index in [1.54, 1.807) is 6.07 Å². The predicted molar refractivity (Wildman–Crippen MR) is 97.9 cm³/mol. The van der Waals surface area contributed by atoms with Gasteiger partial charge in [-0.05, 0) is 29.3 Å². The minimum atomic E-state index is -2.94. The van der Waals surface area contributed by atoms with E-state index in [4.69, 9.17) is 0 Å². The van der Waals surface area contributed by atoms with Crippen molar-refractivity contribution in [1.29, 1.82) is 0 Å². The number of H-pyrrole nitrogens is 1. The Bertz CT molecular complexity index is 1030. The molecule has 6 nitrogen and oxygen atoms in total. The van der Waals surface area contributed by atoms with Gasteiger partial charge in [-0.2, -0.15) is 8.78 Å². The summed E-state index contributed by atoms with van der Waals surface area (Å²) in [5.74, 6) is -0.370. The first kappa shape index (κ1) is 18.0. The van der Waals surface area contributed by atoms with Gasteiger partial charge in [-0.25, -0.2) is 4.79 Å². The van der Waals surface area contributed by atoms with Crippen LogP contribution in [0.4, 0.5) is 13.6 Å². The van der Waals surface area contributed by atoms with Crippen LogP contribution in [0.15, 0.2) is 54.7 Å². The predicted octanol–water partition coefficient (Wildman–Crippen LogP) is 3.43. The number of hydrogen-bond donors (Lipinski definition) is 2. The van der Waals surface area contributed by atoms with Crippen LogP contribution in [-0.4, -0.2) is 34.5 Å². The van der Waals surface area contributed by atoms with Crippen molar-refractivity contribution in [3.8, 4) is 5.75 Å². The highest BCUT2D eigenvalue weighted by Gasteiger charge is 2.38. The van der Waals surface area contributed by atoms with Crippen LogP contribution >= 0.6 is 0 Å². The lowest BCUT2D eigenvalue weighted by Gasteiger charge is -2.14. The standard InChI is InChI=1S/C20H17F2N3O3/c21-19(22)28-14-5-3-4-12(8-14)11-25-18(26)17(24-20(25)27)9-13-10-23-16-7-2-1-6-15(13)16/h1-8,10,17,19,23H,9,11H2,(H,24,27)/t17-/m1/s1. The van der Waals surface area contributed by atoms with Gasteiger partial charge in [-0.1, -0.05) is 30.3 Å². The maximum absolute atomic E-state index is 12.7. The summed E-state index contributed by atoms with van der Waals surface area (Å²) in [5, 5.41) is 3.70. The summed E-state index contributed by atoms with van der Waals surface area (Å²) in [4.78, 5) is 29.2. The lowest BCUT2D eigenvalue weighted by molar-refractivity contribution is -0.127. The summed E-state index contributed by atoms with van der Waals surface area (Å²) >= 11 is 0. The number of halogens is 2. The molecule has 8 heteroatoms. The quantitative estimate of drug-likeness (QED) is 0.639. The van der Waals surface area contributed by atoms with Gasteiger partial charge in [0, 0.05) is 23.5 Å². The molecular formula is C20H17F2N3O3. The fourth-order valence-corrected chi connectivity index (χ4v) is 3.39. The molecule has 0 aliphatic carbocycles. The highest BCUT2D eigenvalue weighted by molar-refractivity contribution is 6.04. The molecule has 1 aliphatic heterocycles. The summed E-state index contributed by atoms with van der Waals surface area (Å²) in [6.45, 7) is -2.96. The first-order valence-corrected chi connectivity index (χ1v) is 8.72. The number of carbonyl (C=O) groups excluding carboxylic acids is 2. The smallest absolute Gasteiger partial charge is 0.387 e. The second-order valence-corrected chi connectivity index (χ2v) is 6.52. The molecule has 1 fully saturated rings. The molecule has 1 saturated heterocycles. The number of benzene rings is 2. The van der Waals surface area contributed by atoms with Crippen molar-refractivity contribution in [3.63, 3.8) is 0 Å². The third-order valence-corrected chi connectivity index (χ3v) is 4.67. The second-order valence-electron chi connectivity index (χ2n) is 6.52. The van der Waals surface area contributed by atoms with Gasteiger partial charge < -0.3 is 15.0 Å². The van der Waals surface area contributed by atoms with E-state index in [1.165, 1.54) is 18.2 Å². The van der Waals surface area contributed by atoms with Crippen molar-refractivity contribution in [1.82, 2.24) is 15.2 Å². The van der Waals surface area contributed by atoms with Gasteiger partial charge >= 0.3 is 12.6 Å². The molecule has 3 aromatic rings. The number of rotatable bonds is 6. The van der Waals surface area contributed by atoms with E-state index in [1.807, 2.05) is 30.5 Å². The number of aromatic amines is 1. The van der Waals surface area contributed by atoms with E-state index in [9.17, 15) is 18.4 Å². The number of amides is 3. The average molecular weight is 385 g/mol. The maximum atomic E-state index is 12.7. The first-order chi connectivity index (χ1) is 13.5. The molecule has 0 unspecified atom stereocenters. The van der Waals surface area contributed by atoms with Crippen LogP contribution < -0.4 is 10.1 Å². The molecule has 0 saturated carbocycles. The number of nitrogens with one attached hydrogen (secondary N) is 2. The minimum absolute atomic E-state index is 0.0184. The number of fused-ring (bicyclic) bond motifs is 1. The largest absolute Gasteiger partial charge is 0.435 e. The van der Waals surface area contributed by atoms with E-state index in [0.717, 1.165) is 21.4 Å². The third kappa shape index (κ3) is 3.53. The van der Waals surface area contributed by atoms with Crippen LogP contribution in [0.3, 0.4) is 0 Å². The summed E-state index contributed by atoms with van der Waals surface area (Å²) in [6.07, 6.45) is 2.19. The van der Waals surface area contributed by atoms with Crippen LogP contribution in [0.5, 0.6) is 5.75 Å². The second kappa shape index (κ2) is 7.30. The molecule has 3 amide bonds. The number of alkyl halides is 2. The molecule has 28 heavy (non-hydrogen) atoms. The summed E-state index contributed by atoms with van der Waals surface area (Å²) < 4.78 is 29.1. The normalized spacial score (nSPS) is 16.8. The van der Waals surface area contributed by atoms with Gasteiger partial charge in [0.1, 0.15) is 11.8 Å². The van der Waals surface area contributed by atoms with Crippen LogP contribution in [0.2, 0.25) is 0 Å². The van der Waals surface area contributed by atoms with Gasteiger partial charge in [0.25, 0.3) is 5.91 Å². The summed E-state index contributed by atoms with van der Waals surface area (Å²) in [5.41, 5.74) is 2.42. The van der Waals surface area contributed by atoms with Crippen molar-refractivity contribution in [2.45, 2.75) is 25.6 Å². The van der Waals surface area contributed by atoms with Crippen LogP contribution in [-0.2, 0) is 17.8 Å². The fourth-order valence-electron chi connectivity index (χ4n) is 3.39. The van der Waals surface area contributed by atoms with Gasteiger partial charge in [0.05, 0.1) is 6.54 Å². The van der Waals surface area contributed by atoms with Crippen molar-refractivity contribution in [3.05, 3.63) is 65.9 Å². The Morgan fingerprint density at radius 3 is 2.75 bits per heavy atom. The fraction of sp³-hybridized carbons (Fsp3) is 0.200. The summed E-state index contributed by atoms with van der Waals surface area (Å²) in [7, 11) is 0. The summed E-state index contributed by atoms with van der Waals surface area (Å²) in [6, 6.07) is 12.5. The third-order valence-electron chi connectivity index (χ3n) is 4.67. The SMILES string of the molecule is O=C1N[C@H](Cc2c[nH]c3ccccc23)C(=O)N1Cc1cccc(OC(F)F)c1. The number of urea groups is 1. The van der Waals surface area contributed by atoms with E-state index in [-0.39, 0.29) is 18.2 Å². The Morgan fingerprint density at radius 1 is 1.11 bits per heavy atom. The van der Waals surface area contributed by atoms with Crippen LogP contribution in [0.25, 0.3) is 10.9 Å². The molecule has 0 bridgehead atoms. The minimum Gasteiger partial charge on any atom is -0.435 e. The topological polar surface area (TPSA) is 74.4 Å². The monoisotopic (exact) mass is 385 g/mol. The highest BCUT2D eigenvalue weighted by Crippen LogP contribution is 2.23. The molecular weight excluding hydrogens is 368 g/mol. The van der Waals surface area contributed by atoms with E-state index in [2.05, 4.69) is 15.0 Å². The number of para-hydroxylation sites is 1. The molecule has 2 heterocycles. The Hall–Kier alpha value is -3.42. The van der Waals surface area contributed by atoms with E-state index < -0.39 is 18.7 Å². The molecule has 2 N–H and O–H groups in total. The molecule has 0 radical (unpaired) electrons. The molecule has 1 atom stereocenters. The number of hydrogen-bond acceptors (Lipinski definition) is 3. The molecule has 0 spiro atoms. The van der Waals surface area contributed by atoms with Gasteiger partial charge in [0.15, 0.2) is 0 Å². The highest BCUT2D eigenvalue weighted by atomic mass is 19.3.